The predicted molar refractivity (Wildman–Crippen MR) is 59.4 cm³/mol. The van der Waals surface area contributed by atoms with Gasteiger partial charge in [-0.2, -0.15) is 0 Å². The zero-order valence-electron chi connectivity index (χ0n) is 8.17. The number of allylic oxidation sites excluding steroid dienone is 1. The average Bonchev–Trinajstić information content (AvgIpc) is 2.74. The highest BCUT2D eigenvalue weighted by Gasteiger charge is 2.20. The first-order valence-corrected chi connectivity index (χ1v) is 4.99. The van der Waals surface area contributed by atoms with E-state index in [-0.39, 0.29) is 5.92 Å². The molecule has 0 saturated heterocycles. The van der Waals surface area contributed by atoms with Crippen LogP contribution >= 0.6 is 0 Å². The molecule has 2 heteroatoms. The molecule has 1 aromatic heterocycles. The second-order valence-electron chi connectivity index (χ2n) is 3.57. The van der Waals surface area contributed by atoms with E-state index < -0.39 is 0 Å². The fourth-order valence-electron chi connectivity index (χ4n) is 1.95. The van der Waals surface area contributed by atoms with Crippen molar-refractivity contribution in [3.8, 4) is 0 Å². The van der Waals surface area contributed by atoms with E-state index in [1.807, 2.05) is 6.07 Å². The van der Waals surface area contributed by atoms with Gasteiger partial charge in [0.25, 0.3) is 0 Å². The normalized spacial score (nSPS) is 17.7. The number of hydrogen-bond acceptors (Lipinski definition) is 2. The second-order valence-corrected chi connectivity index (χ2v) is 3.57. The number of benzene rings is 1. The minimum Gasteiger partial charge on any atom is -0.240 e. The summed E-state index contributed by atoms with van der Waals surface area (Å²) in [6, 6.07) is 10.2. The standard InChI is InChI=1S/C13H10N2/c1-2-5-11-10(4-1)6-7-12(11)13-14-8-3-9-15-13/h1-9,12H. The molecule has 1 aromatic carbocycles. The molecule has 1 aliphatic carbocycles. The third kappa shape index (κ3) is 1.34. The van der Waals surface area contributed by atoms with Gasteiger partial charge in [-0.15, -0.1) is 0 Å². The Labute approximate surface area is 88.3 Å². The van der Waals surface area contributed by atoms with Crippen molar-refractivity contribution >= 4 is 6.08 Å². The summed E-state index contributed by atoms with van der Waals surface area (Å²) in [5.41, 5.74) is 2.57. The number of hydrogen-bond donors (Lipinski definition) is 0. The molecule has 0 amide bonds. The summed E-state index contributed by atoms with van der Waals surface area (Å²) in [6.07, 6.45) is 7.87. The summed E-state index contributed by atoms with van der Waals surface area (Å²) >= 11 is 0. The van der Waals surface area contributed by atoms with E-state index >= 15 is 0 Å². The molecule has 0 N–H and O–H groups in total. The highest BCUT2D eigenvalue weighted by atomic mass is 14.9. The third-order valence-electron chi connectivity index (χ3n) is 2.66. The molecular formula is C13H10N2. The van der Waals surface area contributed by atoms with E-state index in [4.69, 9.17) is 0 Å². The Bertz CT molecular complexity index is 503. The van der Waals surface area contributed by atoms with E-state index in [2.05, 4.69) is 46.4 Å². The summed E-state index contributed by atoms with van der Waals surface area (Å²) in [5, 5.41) is 0. The van der Waals surface area contributed by atoms with Crippen molar-refractivity contribution in [2.45, 2.75) is 5.92 Å². The third-order valence-corrected chi connectivity index (χ3v) is 2.66. The van der Waals surface area contributed by atoms with Crippen LogP contribution in [-0.4, -0.2) is 9.97 Å². The Morgan fingerprint density at radius 1 is 0.933 bits per heavy atom. The molecule has 0 aliphatic heterocycles. The van der Waals surface area contributed by atoms with Crippen LogP contribution in [0.15, 0.2) is 48.8 Å². The zero-order chi connectivity index (χ0) is 10.1. The monoisotopic (exact) mass is 194 g/mol. The fraction of sp³-hybridized carbons (Fsp3) is 0.0769. The molecule has 1 unspecified atom stereocenters. The molecule has 3 rings (SSSR count). The van der Waals surface area contributed by atoms with Crippen LogP contribution in [0.3, 0.4) is 0 Å². The Morgan fingerprint density at radius 2 is 1.73 bits per heavy atom. The highest BCUT2D eigenvalue weighted by Crippen LogP contribution is 2.32. The summed E-state index contributed by atoms with van der Waals surface area (Å²) in [5.74, 6) is 1.10. The molecule has 1 atom stereocenters. The van der Waals surface area contributed by atoms with Gasteiger partial charge in [0.2, 0.25) is 0 Å². The van der Waals surface area contributed by atoms with Crippen LogP contribution < -0.4 is 0 Å². The molecule has 2 aromatic rings. The number of nitrogens with zero attached hydrogens (tertiary/aromatic N) is 2. The van der Waals surface area contributed by atoms with Crippen molar-refractivity contribution in [3.05, 3.63) is 65.8 Å². The molecular weight excluding hydrogens is 184 g/mol. The number of rotatable bonds is 1. The van der Waals surface area contributed by atoms with E-state index in [9.17, 15) is 0 Å². The van der Waals surface area contributed by atoms with Gasteiger partial charge in [0.05, 0.1) is 5.92 Å². The molecule has 1 heterocycles. The maximum Gasteiger partial charge on any atom is 0.139 e. The van der Waals surface area contributed by atoms with Crippen LogP contribution in [0.2, 0.25) is 0 Å². The van der Waals surface area contributed by atoms with Crippen molar-refractivity contribution in [2.75, 3.05) is 0 Å². The zero-order valence-corrected chi connectivity index (χ0v) is 8.17. The molecule has 2 nitrogen and oxygen atoms in total. The van der Waals surface area contributed by atoms with Gasteiger partial charge in [-0.05, 0) is 17.2 Å². The molecule has 15 heavy (non-hydrogen) atoms. The molecule has 1 aliphatic rings. The smallest absolute Gasteiger partial charge is 0.139 e. The quantitative estimate of drug-likeness (QED) is 0.697. The number of fused-ring (bicyclic) bond motifs is 1. The highest BCUT2D eigenvalue weighted by molar-refractivity contribution is 5.63. The Hall–Kier alpha value is -1.96. The van der Waals surface area contributed by atoms with Crippen molar-refractivity contribution in [3.63, 3.8) is 0 Å². The van der Waals surface area contributed by atoms with Crippen LogP contribution in [-0.2, 0) is 0 Å². The van der Waals surface area contributed by atoms with E-state index in [0.717, 1.165) is 5.82 Å². The van der Waals surface area contributed by atoms with Crippen molar-refractivity contribution in [1.29, 1.82) is 0 Å². The van der Waals surface area contributed by atoms with Crippen molar-refractivity contribution in [2.24, 2.45) is 0 Å². The maximum atomic E-state index is 4.30. The molecule has 0 fully saturated rings. The molecule has 0 bridgehead atoms. The van der Waals surface area contributed by atoms with E-state index in [1.54, 1.807) is 12.4 Å². The average molecular weight is 194 g/mol. The predicted octanol–water partition coefficient (Wildman–Crippen LogP) is 2.64. The Balaban J connectivity index is 2.09. The summed E-state index contributed by atoms with van der Waals surface area (Å²) in [6.45, 7) is 0. The van der Waals surface area contributed by atoms with Crippen LogP contribution in [0, 0.1) is 0 Å². The Morgan fingerprint density at radius 3 is 2.60 bits per heavy atom. The topological polar surface area (TPSA) is 25.8 Å². The van der Waals surface area contributed by atoms with Crippen LogP contribution in [0.4, 0.5) is 0 Å². The van der Waals surface area contributed by atoms with E-state index in [0.29, 0.717) is 0 Å². The van der Waals surface area contributed by atoms with Gasteiger partial charge in [0, 0.05) is 12.4 Å². The number of aromatic nitrogens is 2. The van der Waals surface area contributed by atoms with Gasteiger partial charge in [-0.3, -0.25) is 0 Å². The van der Waals surface area contributed by atoms with Crippen molar-refractivity contribution in [1.82, 2.24) is 9.97 Å². The van der Waals surface area contributed by atoms with Crippen LogP contribution in [0.1, 0.15) is 22.9 Å². The van der Waals surface area contributed by atoms with Crippen molar-refractivity contribution < 1.29 is 0 Å². The first-order valence-electron chi connectivity index (χ1n) is 4.99. The first-order chi connectivity index (χ1) is 7.45. The lowest BCUT2D eigenvalue weighted by atomic mass is 10.0. The lowest BCUT2D eigenvalue weighted by molar-refractivity contribution is 0.892. The lowest BCUT2D eigenvalue weighted by Gasteiger charge is -2.08. The molecule has 0 radical (unpaired) electrons. The van der Waals surface area contributed by atoms with Gasteiger partial charge in [0.1, 0.15) is 5.82 Å². The van der Waals surface area contributed by atoms with Crippen LogP contribution in [0.5, 0.6) is 0 Å². The lowest BCUT2D eigenvalue weighted by Crippen LogP contribution is -2.00. The van der Waals surface area contributed by atoms with Gasteiger partial charge < -0.3 is 0 Å². The molecule has 0 saturated carbocycles. The van der Waals surface area contributed by atoms with Gasteiger partial charge in [0.15, 0.2) is 0 Å². The minimum atomic E-state index is 0.224. The Kier molecular flexibility index (Phi) is 1.85. The molecule has 72 valence electrons. The van der Waals surface area contributed by atoms with Gasteiger partial charge in [-0.1, -0.05) is 36.4 Å². The summed E-state index contributed by atoms with van der Waals surface area (Å²) < 4.78 is 0. The van der Waals surface area contributed by atoms with E-state index in [1.165, 1.54) is 11.1 Å². The van der Waals surface area contributed by atoms with Gasteiger partial charge in [-0.25, -0.2) is 9.97 Å². The fourth-order valence-corrected chi connectivity index (χ4v) is 1.95. The first kappa shape index (κ1) is 8.36. The largest absolute Gasteiger partial charge is 0.240 e. The van der Waals surface area contributed by atoms with Crippen LogP contribution in [0.25, 0.3) is 6.08 Å². The van der Waals surface area contributed by atoms with Gasteiger partial charge >= 0.3 is 0 Å². The summed E-state index contributed by atoms with van der Waals surface area (Å²) in [4.78, 5) is 8.59. The summed E-state index contributed by atoms with van der Waals surface area (Å²) in [7, 11) is 0. The minimum absolute atomic E-state index is 0.224. The maximum absolute atomic E-state index is 4.30. The molecule has 0 spiro atoms. The second kappa shape index (κ2) is 3.31. The SMILES string of the molecule is C1=CC(c2ncccn2)c2ccccc21.